The number of ether oxygens (including phenoxy) is 1. The van der Waals surface area contributed by atoms with Crippen molar-refractivity contribution in [2.75, 3.05) is 13.1 Å². The third kappa shape index (κ3) is 5.04. The lowest BCUT2D eigenvalue weighted by atomic mass is 9.88. The quantitative estimate of drug-likeness (QED) is 0.739. The van der Waals surface area contributed by atoms with Gasteiger partial charge in [-0.1, -0.05) is 42.7 Å². The summed E-state index contributed by atoms with van der Waals surface area (Å²) in [5, 5.41) is 3.25. The van der Waals surface area contributed by atoms with Crippen LogP contribution in [0, 0.1) is 6.92 Å². The molecule has 0 radical (unpaired) electrons. The number of likely N-dealkylation sites (tertiary alicyclic amines) is 1. The van der Waals surface area contributed by atoms with Gasteiger partial charge in [-0.05, 0) is 70.5 Å². The number of aryl methyl sites for hydroxylation is 1. The Hall–Kier alpha value is -2.33. The Labute approximate surface area is 180 Å². The average molecular weight is 407 g/mol. The molecular formula is C26H34N2O2. The monoisotopic (exact) mass is 406 g/mol. The molecule has 1 N–H and O–H groups in total. The van der Waals surface area contributed by atoms with E-state index >= 15 is 0 Å². The fourth-order valence-corrected chi connectivity index (χ4v) is 4.66. The predicted molar refractivity (Wildman–Crippen MR) is 121 cm³/mol. The fourth-order valence-electron chi connectivity index (χ4n) is 4.66. The third-order valence-corrected chi connectivity index (χ3v) is 6.25. The van der Waals surface area contributed by atoms with Crippen LogP contribution >= 0.6 is 0 Å². The van der Waals surface area contributed by atoms with Gasteiger partial charge in [0.05, 0.1) is 6.04 Å². The van der Waals surface area contributed by atoms with E-state index in [2.05, 4.69) is 55.3 Å². The Kier molecular flexibility index (Phi) is 6.14. The zero-order valence-electron chi connectivity index (χ0n) is 18.5. The van der Waals surface area contributed by atoms with Crippen molar-refractivity contribution in [3.05, 3.63) is 64.7 Å². The summed E-state index contributed by atoms with van der Waals surface area (Å²) >= 11 is 0. The van der Waals surface area contributed by atoms with Crippen molar-refractivity contribution in [3.63, 3.8) is 0 Å². The highest BCUT2D eigenvalue weighted by Crippen LogP contribution is 2.40. The lowest BCUT2D eigenvalue weighted by Crippen LogP contribution is -2.41. The van der Waals surface area contributed by atoms with Gasteiger partial charge in [0.25, 0.3) is 5.91 Å². The average Bonchev–Trinajstić information content (AvgIpc) is 2.97. The van der Waals surface area contributed by atoms with Crippen LogP contribution in [0.5, 0.6) is 5.75 Å². The maximum Gasteiger partial charge on any atom is 0.251 e. The number of carbonyl (C=O) groups is 1. The lowest BCUT2D eigenvalue weighted by molar-refractivity contribution is 0.0619. The van der Waals surface area contributed by atoms with Crippen LogP contribution in [0.15, 0.2) is 42.5 Å². The third-order valence-electron chi connectivity index (χ3n) is 6.25. The number of carbonyl (C=O) groups excluding carboxylic acids is 1. The molecule has 4 heteroatoms. The second-order valence-corrected chi connectivity index (χ2v) is 9.52. The standard InChI is InChI=1S/C26H34N2O2/c1-19-8-13-24-22(16-19)23(17-26(2,3)30-24)27-25(29)21-11-9-20(10-12-21)18-28-14-6-4-5-7-15-28/h8-13,16,23H,4-7,14-15,17-18H2,1-3H3,(H,27,29)/t23-/m0/s1. The van der Waals surface area contributed by atoms with Gasteiger partial charge in [0.2, 0.25) is 0 Å². The van der Waals surface area contributed by atoms with Crippen LogP contribution < -0.4 is 10.1 Å². The van der Waals surface area contributed by atoms with Crippen LogP contribution in [-0.2, 0) is 6.54 Å². The predicted octanol–water partition coefficient (Wildman–Crippen LogP) is 5.40. The molecule has 2 aromatic carbocycles. The summed E-state index contributed by atoms with van der Waals surface area (Å²) in [6.07, 6.45) is 6.04. The van der Waals surface area contributed by atoms with Crippen molar-refractivity contribution in [3.8, 4) is 5.75 Å². The zero-order valence-corrected chi connectivity index (χ0v) is 18.5. The van der Waals surface area contributed by atoms with Gasteiger partial charge in [0, 0.05) is 24.1 Å². The topological polar surface area (TPSA) is 41.6 Å². The minimum atomic E-state index is -0.308. The van der Waals surface area contributed by atoms with Gasteiger partial charge in [0.15, 0.2) is 0 Å². The van der Waals surface area contributed by atoms with Gasteiger partial charge < -0.3 is 10.1 Å². The molecule has 0 aliphatic carbocycles. The number of amides is 1. The summed E-state index contributed by atoms with van der Waals surface area (Å²) in [5.41, 5.74) is 3.93. The molecule has 2 aliphatic heterocycles. The molecule has 0 aromatic heterocycles. The zero-order chi connectivity index (χ0) is 21.1. The van der Waals surface area contributed by atoms with E-state index in [1.165, 1.54) is 49.9 Å². The van der Waals surface area contributed by atoms with E-state index in [1.54, 1.807) is 0 Å². The van der Waals surface area contributed by atoms with Crippen molar-refractivity contribution >= 4 is 5.91 Å². The number of hydrogen-bond donors (Lipinski definition) is 1. The molecule has 2 aromatic rings. The minimum Gasteiger partial charge on any atom is -0.487 e. The van der Waals surface area contributed by atoms with Crippen molar-refractivity contribution in [1.29, 1.82) is 0 Å². The molecule has 1 atom stereocenters. The molecular weight excluding hydrogens is 372 g/mol. The highest BCUT2D eigenvalue weighted by molar-refractivity contribution is 5.94. The second kappa shape index (κ2) is 8.81. The van der Waals surface area contributed by atoms with E-state index in [9.17, 15) is 4.79 Å². The fraction of sp³-hybridized carbons (Fsp3) is 0.500. The maximum atomic E-state index is 13.0. The van der Waals surface area contributed by atoms with E-state index in [1.807, 2.05) is 18.2 Å². The maximum absolute atomic E-state index is 13.0. The first-order valence-corrected chi connectivity index (χ1v) is 11.3. The summed E-state index contributed by atoms with van der Waals surface area (Å²) < 4.78 is 6.13. The van der Waals surface area contributed by atoms with Crippen LogP contribution in [-0.4, -0.2) is 29.5 Å². The SMILES string of the molecule is Cc1ccc2c(c1)[C@@H](NC(=O)c1ccc(CN3CCCCCC3)cc1)CC(C)(C)O2. The van der Waals surface area contributed by atoms with Gasteiger partial charge in [-0.3, -0.25) is 9.69 Å². The van der Waals surface area contributed by atoms with Crippen LogP contribution in [0.4, 0.5) is 0 Å². The molecule has 2 aliphatic rings. The molecule has 4 rings (SSSR count). The van der Waals surface area contributed by atoms with E-state index in [0.29, 0.717) is 5.56 Å². The number of hydrogen-bond acceptors (Lipinski definition) is 3. The first-order chi connectivity index (χ1) is 14.4. The Morgan fingerprint density at radius 3 is 2.47 bits per heavy atom. The second-order valence-electron chi connectivity index (χ2n) is 9.52. The van der Waals surface area contributed by atoms with Gasteiger partial charge in [-0.2, -0.15) is 0 Å². The van der Waals surface area contributed by atoms with Crippen molar-refractivity contribution in [2.45, 2.75) is 71.1 Å². The van der Waals surface area contributed by atoms with Gasteiger partial charge in [-0.25, -0.2) is 0 Å². The Balaban J connectivity index is 1.44. The normalized spacial score (nSPS) is 21.2. The van der Waals surface area contributed by atoms with Crippen LogP contribution in [0.1, 0.15) is 79.0 Å². The Morgan fingerprint density at radius 2 is 1.77 bits per heavy atom. The highest BCUT2D eigenvalue weighted by Gasteiger charge is 2.34. The molecule has 30 heavy (non-hydrogen) atoms. The first-order valence-electron chi connectivity index (χ1n) is 11.3. The summed E-state index contributed by atoms with van der Waals surface area (Å²) in [7, 11) is 0. The lowest BCUT2D eigenvalue weighted by Gasteiger charge is -2.38. The summed E-state index contributed by atoms with van der Waals surface area (Å²) in [6.45, 7) is 9.56. The minimum absolute atomic E-state index is 0.0218. The molecule has 0 bridgehead atoms. The van der Waals surface area contributed by atoms with E-state index in [4.69, 9.17) is 4.74 Å². The smallest absolute Gasteiger partial charge is 0.251 e. The molecule has 1 fully saturated rings. The van der Waals surface area contributed by atoms with Crippen molar-refractivity contribution in [1.82, 2.24) is 10.2 Å². The molecule has 1 saturated heterocycles. The number of nitrogens with zero attached hydrogens (tertiary/aromatic N) is 1. The number of nitrogens with one attached hydrogen (secondary N) is 1. The molecule has 1 amide bonds. The summed E-state index contributed by atoms with van der Waals surface area (Å²) in [5.74, 6) is 0.849. The first kappa shape index (κ1) is 20.9. The molecule has 4 nitrogen and oxygen atoms in total. The largest absolute Gasteiger partial charge is 0.487 e. The van der Waals surface area contributed by atoms with Gasteiger partial charge in [-0.15, -0.1) is 0 Å². The number of rotatable bonds is 4. The van der Waals surface area contributed by atoms with Gasteiger partial charge in [0.1, 0.15) is 11.4 Å². The van der Waals surface area contributed by atoms with Crippen molar-refractivity contribution < 1.29 is 9.53 Å². The Morgan fingerprint density at radius 1 is 1.07 bits per heavy atom. The molecule has 0 unspecified atom stereocenters. The molecule has 0 saturated carbocycles. The van der Waals surface area contributed by atoms with Crippen molar-refractivity contribution in [2.24, 2.45) is 0 Å². The summed E-state index contributed by atoms with van der Waals surface area (Å²) in [6, 6.07) is 14.3. The van der Waals surface area contributed by atoms with Crippen LogP contribution in [0.25, 0.3) is 0 Å². The van der Waals surface area contributed by atoms with E-state index < -0.39 is 0 Å². The Bertz CT molecular complexity index is 880. The van der Waals surface area contributed by atoms with E-state index in [-0.39, 0.29) is 17.6 Å². The number of fused-ring (bicyclic) bond motifs is 1. The number of benzene rings is 2. The molecule has 0 spiro atoms. The molecule has 2 heterocycles. The summed E-state index contributed by atoms with van der Waals surface area (Å²) in [4.78, 5) is 15.5. The van der Waals surface area contributed by atoms with E-state index in [0.717, 1.165) is 24.3 Å². The molecule has 160 valence electrons. The van der Waals surface area contributed by atoms with Gasteiger partial charge >= 0.3 is 0 Å². The highest BCUT2D eigenvalue weighted by atomic mass is 16.5. The van der Waals surface area contributed by atoms with Crippen LogP contribution in [0.2, 0.25) is 0 Å². The van der Waals surface area contributed by atoms with Crippen LogP contribution in [0.3, 0.4) is 0 Å².